The van der Waals surface area contributed by atoms with Crippen molar-refractivity contribution in [2.75, 3.05) is 50.3 Å². The molecule has 2 aliphatic rings. The van der Waals surface area contributed by atoms with Crippen molar-refractivity contribution in [3.63, 3.8) is 0 Å². The van der Waals surface area contributed by atoms with Crippen LogP contribution in [0.4, 0.5) is 26.1 Å². The molecule has 0 spiro atoms. The van der Waals surface area contributed by atoms with E-state index in [4.69, 9.17) is 19.4 Å². The van der Waals surface area contributed by atoms with Crippen LogP contribution in [0.3, 0.4) is 0 Å². The Labute approximate surface area is 259 Å². The summed E-state index contributed by atoms with van der Waals surface area (Å²) in [5.41, 5.74) is 0.762. The smallest absolute Gasteiger partial charge is 0.251 e. The van der Waals surface area contributed by atoms with E-state index in [0.29, 0.717) is 17.8 Å². The van der Waals surface area contributed by atoms with Crippen LogP contribution in [0, 0.1) is 5.82 Å². The highest BCUT2D eigenvalue weighted by molar-refractivity contribution is 7.92. The molecule has 0 radical (unpaired) electrons. The quantitative estimate of drug-likeness (QED) is 0.301. The van der Waals surface area contributed by atoms with Gasteiger partial charge in [-0.3, -0.25) is 9.78 Å². The van der Waals surface area contributed by atoms with Crippen LogP contribution < -0.4 is 19.9 Å². The fourth-order valence-corrected chi connectivity index (χ4v) is 6.79. The molecule has 0 aliphatic carbocycles. The molecular formula is C31H32F2N6O5S. The van der Waals surface area contributed by atoms with Gasteiger partial charge in [0.25, 0.3) is 5.91 Å². The number of alkyl halides is 1. The number of ether oxygens (including phenoxy) is 2. The molecule has 1 N–H and O–H groups in total. The fourth-order valence-electron chi connectivity index (χ4n) is 5.40. The number of halogens is 2. The number of hydrogen-bond acceptors (Lipinski definition) is 10. The normalized spacial score (nSPS) is 17.2. The van der Waals surface area contributed by atoms with Crippen LogP contribution in [0.1, 0.15) is 34.5 Å². The number of pyridine rings is 3. The molecule has 3 aromatic heterocycles. The lowest BCUT2D eigenvalue weighted by molar-refractivity contribution is 0.0949. The number of rotatable bonds is 8. The average molecular weight is 639 g/mol. The third-order valence-electron chi connectivity index (χ3n) is 7.91. The maximum atomic E-state index is 14.7. The minimum absolute atomic E-state index is 0.0398. The number of sulfone groups is 1. The molecule has 1 atom stereocenters. The number of anilines is 3. The van der Waals surface area contributed by atoms with E-state index >= 15 is 0 Å². The third-order valence-corrected chi connectivity index (χ3v) is 9.74. The Morgan fingerprint density at radius 2 is 2.04 bits per heavy atom. The van der Waals surface area contributed by atoms with E-state index in [9.17, 15) is 22.0 Å². The molecule has 0 saturated heterocycles. The lowest BCUT2D eigenvalue weighted by Crippen LogP contribution is -2.28. The minimum atomic E-state index is -4.52. The first-order chi connectivity index (χ1) is 21.7. The summed E-state index contributed by atoms with van der Waals surface area (Å²) >= 11 is 0. The topological polar surface area (TPSA) is 127 Å². The number of benzene rings is 1. The second-order valence-electron chi connectivity index (χ2n) is 10.9. The van der Waals surface area contributed by atoms with Crippen molar-refractivity contribution in [3.05, 3.63) is 71.4 Å². The first-order valence-electron chi connectivity index (χ1n) is 14.5. The lowest BCUT2D eigenvalue weighted by Gasteiger charge is -2.30. The van der Waals surface area contributed by atoms with Crippen LogP contribution in [-0.4, -0.2) is 75.2 Å². The van der Waals surface area contributed by atoms with Crippen molar-refractivity contribution in [2.45, 2.75) is 36.2 Å². The molecular weight excluding hydrogens is 606 g/mol. The third kappa shape index (κ3) is 6.12. The standard InChI is InChI=1S/C31H32F2N6O5S/c1-38(9-11-43-2)23-12-19-4-3-8-39(30(19)35-18-23)28-6-5-20-16-34-22(15-25(20)37-28)17-36-31(40)21-13-24(32)29-26(14-21)45(41,42)27(33)7-10-44-29/h5-6,12-16,18,27H,3-4,7-11,17H2,1-2H3,(H,36,40)/t27-/m1/s1. The van der Waals surface area contributed by atoms with Gasteiger partial charge in [0.05, 0.1) is 42.9 Å². The van der Waals surface area contributed by atoms with E-state index in [2.05, 4.69) is 26.2 Å². The van der Waals surface area contributed by atoms with Crippen molar-refractivity contribution in [1.29, 1.82) is 0 Å². The number of nitrogens with one attached hydrogen (secondary N) is 1. The summed E-state index contributed by atoms with van der Waals surface area (Å²) in [7, 11) is -0.830. The maximum Gasteiger partial charge on any atom is 0.251 e. The Hall–Kier alpha value is -4.43. The second-order valence-corrected chi connectivity index (χ2v) is 13.0. The van der Waals surface area contributed by atoms with Gasteiger partial charge in [0, 0.05) is 50.8 Å². The molecule has 5 heterocycles. The lowest BCUT2D eigenvalue weighted by atomic mass is 10.0. The zero-order valence-corrected chi connectivity index (χ0v) is 25.6. The van der Waals surface area contributed by atoms with E-state index in [0.717, 1.165) is 66.3 Å². The Kier molecular flexibility index (Phi) is 8.51. The molecule has 0 saturated carbocycles. The van der Waals surface area contributed by atoms with Crippen molar-refractivity contribution in [3.8, 4) is 5.75 Å². The Balaban J connectivity index is 1.20. The van der Waals surface area contributed by atoms with Crippen LogP contribution in [0.25, 0.3) is 10.9 Å². The van der Waals surface area contributed by atoms with Gasteiger partial charge >= 0.3 is 0 Å². The van der Waals surface area contributed by atoms with E-state index in [1.54, 1.807) is 19.4 Å². The zero-order chi connectivity index (χ0) is 31.7. The molecule has 4 aromatic rings. The molecule has 11 nitrogen and oxygen atoms in total. The molecule has 2 aliphatic heterocycles. The van der Waals surface area contributed by atoms with E-state index in [1.165, 1.54) is 0 Å². The van der Waals surface area contributed by atoms with E-state index in [1.807, 2.05) is 25.4 Å². The highest BCUT2D eigenvalue weighted by Gasteiger charge is 2.35. The molecule has 0 bridgehead atoms. The zero-order valence-electron chi connectivity index (χ0n) is 24.8. The molecule has 0 fully saturated rings. The van der Waals surface area contributed by atoms with Crippen LogP contribution in [0.5, 0.6) is 5.75 Å². The largest absolute Gasteiger partial charge is 0.489 e. The molecule has 45 heavy (non-hydrogen) atoms. The van der Waals surface area contributed by atoms with Crippen molar-refractivity contribution < 1.29 is 31.5 Å². The first kappa shape index (κ1) is 30.6. The number of hydrogen-bond donors (Lipinski definition) is 1. The summed E-state index contributed by atoms with van der Waals surface area (Å²) in [5.74, 6) is -0.797. The Morgan fingerprint density at radius 3 is 2.87 bits per heavy atom. The number of methoxy groups -OCH3 is 1. The maximum absolute atomic E-state index is 14.7. The van der Waals surface area contributed by atoms with Crippen LogP contribution in [-0.2, 0) is 27.5 Å². The molecule has 1 amide bonds. The molecule has 1 aromatic carbocycles. The summed E-state index contributed by atoms with van der Waals surface area (Å²) in [4.78, 5) is 30.5. The fraction of sp³-hybridized carbons (Fsp3) is 0.355. The number of amides is 1. The summed E-state index contributed by atoms with van der Waals surface area (Å²) in [6.45, 7) is 1.79. The summed E-state index contributed by atoms with van der Waals surface area (Å²) in [6.07, 6.45) is 4.91. The highest BCUT2D eigenvalue weighted by atomic mass is 32.2. The predicted molar refractivity (Wildman–Crippen MR) is 164 cm³/mol. The monoisotopic (exact) mass is 638 g/mol. The van der Waals surface area contributed by atoms with Crippen molar-refractivity contribution in [1.82, 2.24) is 20.3 Å². The molecule has 6 rings (SSSR count). The Bertz CT molecular complexity index is 1880. The van der Waals surface area contributed by atoms with E-state index in [-0.39, 0.29) is 18.7 Å². The number of carbonyl (C=O) groups excluding carboxylic acids is 1. The number of carbonyl (C=O) groups is 1. The van der Waals surface area contributed by atoms with Gasteiger partial charge in [0.2, 0.25) is 15.3 Å². The van der Waals surface area contributed by atoms with Crippen LogP contribution in [0.15, 0.2) is 53.7 Å². The highest BCUT2D eigenvalue weighted by Crippen LogP contribution is 2.36. The number of nitrogens with zero attached hydrogens (tertiary/aromatic N) is 5. The summed E-state index contributed by atoms with van der Waals surface area (Å²) < 4.78 is 64.4. The van der Waals surface area contributed by atoms with Gasteiger partial charge in [0.15, 0.2) is 11.6 Å². The van der Waals surface area contributed by atoms with Gasteiger partial charge in [-0.1, -0.05) is 0 Å². The van der Waals surface area contributed by atoms with Gasteiger partial charge in [-0.15, -0.1) is 0 Å². The minimum Gasteiger partial charge on any atom is -0.489 e. The SMILES string of the molecule is COCCN(C)c1cnc2c(c1)CCCN2c1ccc2cnc(CNC(=O)c3cc(F)c4c(c3)S(=O)(=O)[C@@H](F)CCO4)cc2n1. The van der Waals surface area contributed by atoms with E-state index < -0.39 is 44.1 Å². The number of aryl methyl sites for hydroxylation is 1. The first-order valence-corrected chi connectivity index (χ1v) is 16.0. The van der Waals surface area contributed by atoms with Crippen molar-refractivity contribution in [2.24, 2.45) is 0 Å². The summed E-state index contributed by atoms with van der Waals surface area (Å²) in [5, 5.41) is 3.43. The number of likely N-dealkylation sites (N-methyl/N-ethyl adjacent to an activating group) is 1. The van der Waals surface area contributed by atoms with Gasteiger partial charge in [-0.05, 0) is 54.8 Å². The average Bonchev–Trinajstić information content (AvgIpc) is 3.16. The molecule has 0 unspecified atom stereocenters. The predicted octanol–water partition coefficient (Wildman–Crippen LogP) is 4.11. The summed E-state index contributed by atoms with van der Waals surface area (Å²) in [6, 6.07) is 9.56. The van der Waals surface area contributed by atoms with Gasteiger partial charge in [-0.25, -0.2) is 27.2 Å². The number of fused-ring (bicyclic) bond motifs is 3. The van der Waals surface area contributed by atoms with Crippen LogP contribution in [0.2, 0.25) is 0 Å². The second kappa shape index (κ2) is 12.5. The molecule has 236 valence electrons. The number of aromatic nitrogens is 3. The van der Waals surface area contributed by atoms with Crippen LogP contribution >= 0.6 is 0 Å². The van der Waals surface area contributed by atoms with Gasteiger partial charge in [0.1, 0.15) is 16.5 Å². The van der Waals surface area contributed by atoms with Gasteiger partial charge in [-0.2, -0.15) is 0 Å². The molecule has 14 heteroatoms. The van der Waals surface area contributed by atoms with Crippen molar-refractivity contribution >= 4 is 44.0 Å². The van der Waals surface area contributed by atoms with Gasteiger partial charge < -0.3 is 24.6 Å². The Morgan fingerprint density at radius 1 is 1.20 bits per heavy atom.